The molecule has 18 heavy (non-hydrogen) atoms. The lowest BCUT2D eigenvalue weighted by Gasteiger charge is -2.10. The summed E-state index contributed by atoms with van der Waals surface area (Å²) in [5.74, 6) is -0.0284. The summed E-state index contributed by atoms with van der Waals surface area (Å²) in [6, 6.07) is 3.72. The number of methoxy groups -OCH3 is 1. The van der Waals surface area contributed by atoms with Gasteiger partial charge in [0.25, 0.3) is 5.69 Å². The van der Waals surface area contributed by atoms with Crippen molar-refractivity contribution >= 4 is 17.3 Å². The summed E-state index contributed by atoms with van der Waals surface area (Å²) in [5.41, 5.74) is 5.78. The van der Waals surface area contributed by atoms with Crippen LogP contribution in [-0.2, 0) is 4.79 Å². The van der Waals surface area contributed by atoms with E-state index in [4.69, 9.17) is 10.5 Å². The van der Waals surface area contributed by atoms with Crippen LogP contribution in [0.3, 0.4) is 0 Å². The number of hydrogen-bond donors (Lipinski definition) is 2. The topological polar surface area (TPSA) is 107 Å². The second kappa shape index (κ2) is 5.97. The van der Waals surface area contributed by atoms with Crippen LogP contribution >= 0.6 is 0 Å². The molecule has 1 unspecified atom stereocenters. The molecule has 3 N–H and O–H groups in total. The zero-order chi connectivity index (χ0) is 13.7. The Hall–Kier alpha value is -2.15. The minimum absolute atomic E-state index is 0.1000. The van der Waals surface area contributed by atoms with Gasteiger partial charge in [-0.25, -0.2) is 0 Å². The van der Waals surface area contributed by atoms with Gasteiger partial charge in [-0.15, -0.1) is 0 Å². The van der Waals surface area contributed by atoms with E-state index in [0.29, 0.717) is 5.69 Å². The van der Waals surface area contributed by atoms with Crippen molar-refractivity contribution in [1.29, 1.82) is 0 Å². The smallest absolute Gasteiger partial charge is 0.273 e. The van der Waals surface area contributed by atoms with E-state index in [1.807, 2.05) is 0 Å². The zero-order valence-electron chi connectivity index (χ0n) is 10.2. The van der Waals surface area contributed by atoms with Crippen molar-refractivity contribution in [3.63, 3.8) is 0 Å². The Balaban J connectivity index is 2.89. The van der Waals surface area contributed by atoms with Crippen LogP contribution in [0.1, 0.15) is 13.3 Å². The minimum atomic E-state index is -0.532. The molecule has 1 aromatic rings. The number of nitro groups is 1. The zero-order valence-corrected chi connectivity index (χ0v) is 10.2. The minimum Gasteiger partial charge on any atom is -0.494 e. The highest BCUT2D eigenvalue weighted by atomic mass is 16.6. The van der Waals surface area contributed by atoms with Crippen LogP contribution in [0.5, 0.6) is 5.75 Å². The van der Waals surface area contributed by atoms with Crippen molar-refractivity contribution in [2.24, 2.45) is 5.73 Å². The molecule has 0 aliphatic rings. The first-order valence-electron chi connectivity index (χ1n) is 5.32. The summed E-state index contributed by atoms with van der Waals surface area (Å²) in [6.07, 6.45) is 0.167. The van der Waals surface area contributed by atoms with Gasteiger partial charge in [-0.1, -0.05) is 0 Å². The molecule has 0 bridgehead atoms. The predicted octanol–water partition coefficient (Wildman–Crippen LogP) is 1.28. The molecule has 0 saturated heterocycles. The van der Waals surface area contributed by atoms with Crippen LogP contribution in [0.4, 0.5) is 11.4 Å². The average molecular weight is 253 g/mol. The van der Waals surface area contributed by atoms with Gasteiger partial charge in [0.15, 0.2) is 0 Å². The standard InChI is InChI=1S/C11H15N3O4/c1-7(12)5-11(15)13-9-4-3-8(14(16)17)6-10(9)18-2/h3-4,6-7H,5,12H2,1-2H3,(H,13,15). The molecule has 0 aliphatic heterocycles. The summed E-state index contributed by atoms with van der Waals surface area (Å²) in [4.78, 5) is 21.6. The van der Waals surface area contributed by atoms with Crippen molar-refractivity contribution in [2.75, 3.05) is 12.4 Å². The number of anilines is 1. The lowest BCUT2D eigenvalue weighted by molar-refractivity contribution is -0.384. The average Bonchev–Trinajstić information content (AvgIpc) is 2.27. The quantitative estimate of drug-likeness (QED) is 0.607. The maximum atomic E-state index is 11.5. The highest BCUT2D eigenvalue weighted by molar-refractivity contribution is 5.92. The Bertz CT molecular complexity index is 460. The SMILES string of the molecule is COc1cc([N+](=O)[O-])ccc1NC(=O)CC(C)N. The lowest BCUT2D eigenvalue weighted by Crippen LogP contribution is -2.24. The van der Waals surface area contributed by atoms with Gasteiger partial charge in [-0.2, -0.15) is 0 Å². The number of amides is 1. The molecule has 7 nitrogen and oxygen atoms in total. The van der Waals surface area contributed by atoms with Gasteiger partial charge in [-0.3, -0.25) is 14.9 Å². The number of nitrogens with two attached hydrogens (primary N) is 1. The fraction of sp³-hybridized carbons (Fsp3) is 0.364. The monoisotopic (exact) mass is 253 g/mol. The first kappa shape index (κ1) is 13.9. The molecule has 0 fully saturated rings. The van der Waals surface area contributed by atoms with Crippen LogP contribution in [0, 0.1) is 10.1 Å². The van der Waals surface area contributed by atoms with Gasteiger partial charge < -0.3 is 15.8 Å². The van der Waals surface area contributed by atoms with Crippen LogP contribution in [0.25, 0.3) is 0 Å². The first-order valence-corrected chi connectivity index (χ1v) is 5.32. The van der Waals surface area contributed by atoms with Gasteiger partial charge in [0.2, 0.25) is 5.91 Å². The van der Waals surface area contributed by atoms with E-state index in [0.717, 1.165) is 0 Å². The molecule has 1 rings (SSSR count). The predicted molar refractivity (Wildman–Crippen MR) is 66.5 cm³/mol. The lowest BCUT2D eigenvalue weighted by atomic mass is 10.2. The molecule has 0 heterocycles. The summed E-state index contributed by atoms with van der Waals surface area (Å²) in [6.45, 7) is 1.71. The van der Waals surface area contributed by atoms with E-state index in [9.17, 15) is 14.9 Å². The van der Waals surface area contributed by atoms with Crippen LogP contribution < -0.4 is 15.8 Å². The number of nitrogens with one attached hydrogen (secondary N) is 1. The van der Waals surface area contributed by atoms with Crippen LogP contribution in [-0.4, -0.2) is 24.0 Å². The number of benzene rings is 1. The van der Waals surface area contributed by atoms with Gasteiger partial charge in [-0.05, 0) is 13.0 Å². The van der Waals surface area contributed by atoms with Gasteiger partial charge in [0.05, 0.1) is 23.8 Å². The number of non-ortho nitro benzene ring substituents is 1. The number of rotatable bonds is 5. The molecular weight excluding hydrogens is 238 g/mol. The molecule has 1 amide bonds. The fourth-order valence-corrected chi connectivity index (χ4v) is 1.39. The highest BCUT2D eigenvalue weighted by Crippen LogP contribution is 2.29. The maximum Gasteiger partial charge on any atom is 0.273 e. The normalized spacial score (nSPS) is 11.7. The first-order chi connectivity index (χ1) is 8.43. The summed E-state index contributed by atoms with van der Waals surface area (Å²) < 4.78 is 4.99. The molecule has 0 aromatic heterocycles. The van der Waals surface area contributed by atoms with E-state index < -0.39 is 4.92 Å². The van der Waals surface area contributed by atoms with Crippen molar-refractivity contribution in [3.8, 4) is 5.75 Å². The Morgan fingerprint density at radius 3 is 2.78 bits per heavy atom. The molecular formula is C11H15N3O4. The molecule has 0 spiro atoms. The molecule has 7 heteroatoms. The fourth-order valence-electron chi connectivity index (χ4n) is 1.39. The van der Waals surface area contributed by atoms with Crippen molar-refractivity contribution in [1.82, 2.24) is 0 Å². The van der Waals surface area contributed by atoms with Gasteiger partial charge in [0.1, 0.15) is 5.75 Å². The summed E-state index contributed by atoms with van der Waals surface area (Å²) in [5, 5.41) is 13.2. The Morgan fingerprint density at radius 1 is 1.61 bits per heavy atom. The Morgan fingerprint density at radius 2 is 2.28 bits per heavy atom. The van der Waals surface area contributed by atoms with E-state index >= 15 is 0 Å². The second-order valence-electron chi connectivity index (χ2n) is 3.87. The number of ether oxygens (including phenoxy) is 1. The largest absolute Gasteiger partial charge is 0.494 e. The van der Waals surface area contributed by atoms with E-state index in [1.165, 1.54) is 25.3 Å². The van der Waals surface area contributed by atoms with Gasteiger partial charge in [0, 0.05) is 18.5 Å². The van der Waals surface area contributed by atoms with Gasteiger partial charge >= 0.3 is 0 Å². The number of nitro benzene ring substituents is 1. The summed E-state index contributed by atoms with van der Waals surface area (Å²) in [7, 11) is 1.38. The Labute approximate surface area is 104 Å². The van der Waals surface area contributed by atoms with E-state index in [1.54, 1.807) is 6.92 Å². The molecule has 0 saturated carbocycles. The third-order valence-corrected chi connectivity index (χ3v) is 2.18. The maximum absolute atomic E-state index is 11.5. The number of nitrogens with zero attached hydrogens (tertiary/aromatic N) is 1. The number of hydrogen-bond acceptors (Lipinski definition) is 5. The Kier molecular flexibility index (Phi) is 4.61. The molecule has 98 valence electrons. The van der Waals surface area contributed by atoms with E-state index in [-0.39, 0.29) is 29.8 Å². The second-order valence-corrected chi connectivity index (χ2v) is 3.87. The third-order valence-electron chi connectivity index (χ3n) is 2.18. The van der Waals surface area contributed by atoms with Crippen LogP contribution in [0.15, 0.2) is 18.2 Å². The third kappa shape index (κ3) is 3.70. The highest BCUT2D eigenvalue weighted by Gasteiger charge is 2.13. The molecule has 0 aliphatic carbocycles. The molecule has 1 atom stereocenters. The molecule has 0 radical (unpaired) electrons. The van der Waals surface area contributed by atoms with E-state index in [2.05, 4.69) is 5.32 Å². The van der Waals surface area contributed by atoms with Crippen LogP contribution in [0.2, 0.25) is 0 Å². The molecule has 1 aromatic carbocycles. The van der Waals surface area contributed by atoms with Crippen molar-refractivity contribution < 1.29 is 14.5 Å². The van der Waals surface area contributed by atoms with Crippen molar-refractivity contribution in [2.45, 2.75) is 19.4 Å². The van der Waals surface area contributed by atoms with Crippen molar-refractivity contribution in [3.05, 3.63) is 28.3 Å². The number of carbonyl (C=O) groups is 1. The number of carbonyl (C=O) groups excluding carboxylic acids is 1. The summed E-state index contributed by atoms with van der Waals surface area (Å²) >= 11 is 0.